The lowest BCUT2D eigenvalue weighted by Gasteiger charge is -2.28. The first kappa shape index (κ1) is 17.5. The molecule has 0 radical (unpaired) electrons. The van der Waals surface area contributed by atoms with Gasteiger partial charge in [-0.25, -0.2) is 4.39 Å². The van der Waals surface area contributed by atoms with Gasteiger partial charge in [-0.2, -0.15) is 8.42 Å². The van der Waals surface area contributed by atoms with Crippen molar-refractivity contribution in [2.24, 2.45) is 0 Å². The van der Waals surface area contributed by atoms with Gasteiger partial charge in [-0.1, -0.05) is 27.5 Å². The van der Waals surface area contributed by atoms with Crippen LogP contribution in [0.2, 0.25) is 5.02 Å². The molecule has 24 heavy (non-hydrogen) atoms. The van der Waals surface area contributed by atoms with Crippen LogP contribution in [0.3, 0.4) is 0 Å². The molecule has 128 valence electrons. The van der Waals surface area contributed by atoms with Crippen molar-refractivity contribution in [3.05, 3.63) is 51.2 Å². The Morgan fingerprint density at radius 2 is 2.08 bits per heavy atom. The van der Waals surface area contributed by atoms with Gasteiger partial charge in [0.25, 0.3) is 10.1 Å². The quantitative estimate of drug-likeness (QED) is 0.677. The Balaban J connectivity index is 2.06. The molecule has 1 aliphatic rings. The average Bonchev–Trinajstić information content (AvgIpc) is 2.53. The molecular formula is C15H11BrClFO5S. The smallest absolute Gasteiger partial charge is 0.297 e. The fourth-order valence-electron chi connectivity index (χ4n) is 2.35. The first-order valence-corrected chi connectivity index (χ1v) is 9.28. The predicted octanol–water partition coefficient (Wildman–Crippen LogP) is 4.09. The molecule has 3 rings (SSSR count). The van der Waals surface area contributed by atoms with Gasteiger partial charge in [-0.15, -0.1) is 0 Å². The second kappa shape index (κ2) is 6.51. The minimum Gasteiger partial charge on any atom is -0.483 e. The van der Waals surface area contributed by atoms with E-state index in [9.17, 15) is 12.8 Å². The Morgan fingerprint density at radius 1 is 1.33 bits per heavy atom. The van der Waals surface area contributed by atoms with Gasteiger partial charge < -0.3 is 9.47 Å². The van der Waals surface area contributed by atoms with E-state index in [0.29, 0.717) is 10.0 Å². The fraction of sp³-hybridized carbons (Fsp3) is 0.200. The zero-order chi connectivity index (χ0) is 17.5. The van der Waals surface area contributed by atoms with Gasteiger partial charge in [0, 0.05) is 21.1 Å². The van der Waals surface area contributed by atoms with Crippen LogP contribution >= 0.6 is 27.5 Å². The number of hydrogen-bond donors (Lipinski definition) is 0. The van der Waals surface area contributed by atoms with Crippen LogP contribution in [-0.2, 0) is 14.3 Å². The zero-order valence-corrected chi connectivity index (χ0v) is 15.4. The molecular weight excluding hydrogens is 427 g/mol. The minimum absolute atomic E-state index is 0.0484. The summed E-state index contributed by atoms with van der Waals surface area (Å²) in [5.41, 5.74) is 0.331. The third-order valence-corrected chi connectivity index (χ3v) is 5.49. The van der Waals surface area contributed by atoms with Gasteiger partial charge in [0.15, 0.2) is 23.4 Å². The first-order chi connectivity index (χ1) is 11.3. The Kier molecular flexibility index (Phi) is 4.74. The van der Waals surface area contributed by atoms with E-state index in [1.807, 2.05) is 0 Å². The van der Waals surface area contributed by atoms with E-state index in [0.717, 1.165) is 13.2 Å². The highest BCUT2D eigenvalue weighted by Gasteiger charge is 2.31. The van der Waals surface area contributed by atoms with Gasteiger partial charge in [0.2, 0.25) is 0 Å². The van der Waals surface area contributed by atoms with Crippen molar-refractivity contribution in [2.45, 2.75) is 11.0 Å². The Morgan fingerprint density at radius 3 is 2.79 bits per heavy atom. The standard InChI is InChI=1S/C15H11BrClFO5S/c1-21-24(19,20)14-3-2-8(16)4-10(14)13-7-22-15-11(18)5-9(17)6-12(15)23-13/h2-6,13H,7H2,1H3/t13-/m0/s1. The Labute approximate surface area is 151 Å². The van der Waals surface area contributed by atoms with Crippen molar-refractivity contribution in [1.82, 2.24) is 0 Å². The summed E-state index contributed by atoms with van der Waals surface area (Å²) in [4.78, 5) is -0.0484. The van der Waals surface area contributed by atoms with E-state index in [1.54, 1.807) is 12.1 Å². The predicted molar refractivity (Wildman–Crippen MR) is 88.6 cm³/mol. The van der Waals surface area contributed by atoms with Gasteiger partial charge >= 0.3 is 0 Å². The topological polar surface area (TPSA) is 61.8 Å². The van der Waals surface area contributed by atoms with Crippen LogP contribution < -0.4 is 9.47 Å². The van der Waals surface area contributed by atoms with Gasteiger partial charge in [-0.3, -0.25) is 4.18 Å². The summed E-state index contributed by atoms with van der Waals surface area (Å²) in [6.07, 6.45) is -0.771. The van der Waals surface area contributed by atoms with Crippen molar-refractivity contribution in [3.8, 4) is 11.5 Å². The summed E-state index contributed by atoms with van der Waals surface area (Å²) in [7, 11) is -2.87. The Hall–Kier alpha value is -1.35. The second-order valence-corrected chi connectivity index (χ2v) is 7.97. The van der Waals surface area contributed by atoms with E-state index in [4.69, 9.17) is 21.1 Å². The molecule has 0 N–H and O–H groups in total. The minimum atomic E-state index is -3.95. The van der Waals surface area contributed by atoms with Crippen LogP contribution in [-0.4, -0.2) is 22.1 Å². The molecule has 0 aromatic heterocycles. The number of ether oxygens (including phenoxy) is 2. The first-order valence-electron chi connectivity index (χ1n) is 6.70. The number of hydrogen-bond acceptors (Lipinski definition) is 5. The normalized spacial score (nSPS) is 16.9. The van der Waals surface area contributed by atoms with Crippen molar-refractivity contribution in [3.63, 3.8) is 0 Å². The third-order valence-electron chi connectivity index (χ3n) is 3.43. The van der Waals surface area contributed by atoms with Crippen molar-refractivity contribution in [1.29, 1.82) is 0 Å². The third kappa shape index (κ3) is 3.23. The summed E-state index contributed by atoms with van der Waals surface area (Å²) in [5, 5.41) is 0.148. The summed E-state index contributed by atoms with van der Waals surface area (Å²) in [5.74, 6) is -0.589. The highest BCUT2D eigenvalue weighted by Crippen LogP contribution is 2.41. The van der Waals surface area contributed by atoms with E-state index < -0.39 is 22.0 Å². The largest absolute Gasteiger partial charge is 0.483 e. The molecule has 0 bridgehead atoms. The zero-order valence-electron chi connectivity index (χ0n) is 12.3. The molecule has 0 spiro atoms. The maximum atomic E-state index is 13.8. The monoisotopic (exact) mass is 436 g/mol. The van der Waals surface area contributed by atoms with E-state index in [-0.39, 0.29) is 28.0 Å². The van der Waals surface area contributed by atoms with Crippen LogP contribution in [0.4, 0.5) is 4.39 Å². The molecule has 1 atom stereocenters. The van der Waals surface area contributed by atoms with Crippen LogP contribution in [0.25, 0.3) is 0 Å². The molecule has 0 amide bonds. The highest BCUT2D eigenvalue weighted by molar-refractivity contribution is 9.10. The molecule has 2 aromatic carbocycles. The molecule has 5 nitrogen and oxygen atoms in total. The summed E-state index contributed by atoms with van der Waals surface area (Å²) >= 11 is 9.12. The molecule has 1 aliphatic heterocycles. The van der Waals surface area contributed by atoms with E-state index >= 15 is 0 Å². The lowest BCUT2D eigenvalue weighted by atomic mass is 10.1. The van der Waals surface area contributed by atoms with Crippen LogP contribution in [0.15, 0.2) is 39.7 Å². The number of benzene rings is 2. The lowest BCUT2D eigenvalue weighted by Crippen LogP contribution is -2.24. The molecule has 0 unspecified atom stereocenters. The van der Waals surface area contributed by atoms with E-state index in [1.165, 1.54) is 12.1 Å². The van der Waals surface area contributed by atoms with Gasteiger partial charge in [-0.05, 0) is 24.3 Å². The molecule has 0 fully saturated rings. The molecule has 0 saturated heterocycles. The SMILES string of the molecule is COS(=O)(=O)c1ccc(Br)cc1[C@@H]1COc2c(F)cc(Cl)cc2O1. The van der Waals surface area contributed by atoms with Crippen molar-refractivity contribution < 1.29 is 26.5 Å². The maximum Gasteiger partial charge on any atom is 0.297 e. The number of fused-ring (bicyclic) bond motifs is 1. The summed E-state index contributed by atoms with van der Waals surface area (Å²) in [6.45, 7) is -0.0613. The molecule has 1 heterocycles. The van der Waals surface area contributed by atoms with Crippen LogP contribution in [0.5, 0.6) is 11.5 Å². The van der Waals surface area contributed by atoms with Crippen molar-refractivity contribution >= 4 is 37.6 Å². The summed E-state index contributed by atoms with van der Waals surface area (Å²) < 4.78 is 54.4. The van der Waals surface area contributed by atoms with E-state index in [2.05, 4.69) is 20.1 Å². The van der Waals surface area contributed by atoms with Crippen molar-refractivity contribution in [2.75, 3.05) is 13.7 Å². The molecule has 0 saturated carbocycles. The maximum absolute atomic E-state index is 13.8. The van der Waals surface area contributed by atoms with Gasteiger partial charge in [0.1, 0.15) is 11.5 Å². The van der Waals surface area contributed by atoms with Gasteiger partial charge in [0.05, 0.1) is 7.11 Å². The molecule has 2 aromatic rings. The molecule has 0 aliphatic carbocycles. The fourth-order valence-corrected chi connectivity index (χ4v) is 3.82. The molecule has 9 heteroatoms. The number of rotatable bonds is 3. The van der Waals surface area contributed by atoms with Crippen LogP contribution in [0.1, 0.15) is 11.7 Å². The van der Waals surface area contributed by atoms with Crippen LogP contribution in [0, 0.1) is 5.82 Å². The highest BCUT2D eigenvalue weighted by atomic mass is 79.9. The second-order valence-electron chi connectivity index (χ2n) is 4.94. The Bertz CT molecular complexity index is 903. The average molecular weight is 438 g/mol. The lowest BCUT2D eigenvalue weighted by molar-refractivity contribution is 0.0848. The summed E-state index contributed by atoms with van der Waals surface area (Å²) in [6, 6.07) is 7.09. The number of halogens is 3.